The molecule has 6 nitrogen and oxygen atoms in total. The van der Waals surface area contributed by atoms with E-state index in [-0.39, 0.29) is 30.6 Å². The number of amides is 2. The third-order valence-corrected chi connectivity index (χ3v) is 5.06. The molecule has 0 saturated heterocycles. The van der Waals surface area contributed by atoms with Gasteiger partial charge in [-0.2, -0.15) is 0 Å². The molecule has 0 heterocycles. The minimum absolute atomic E-state index is 0.0105. The van der Waals surface area contributed by atoms with E-state index in [4.69, 9.17) is 4.74 Å². The third kappa shape index (κ3) is 7.40. The number of carbonyl (C=O) groups is 2. The van der Waals surface area contributed by atoms with Crippen LogP contribution in [0.25, 0.3) is 0 Å². The first kappa shape index (κ1) is 24.4. The molecule has 0 aliphatic heterocycles. The highest BCUT2D eigenvalue weighted by molar-refractivity contribution is 5.95. The summed E-state index contributed by atoms with van der Waals surface area (Å²) in [6, 6.07) is 14.6. The van der Waals surface area contributed by atoms with Crippen LogP contribution in [-0.2, 0) is 11.3 Å². The summed E-state index contributed by atoms with van der Waals surface area (Å²) >= 11 is 0. The molecule has 2 rings (SSSR count). The van der Waals surface area contributed by atoms with Crippen molar-refractivity contribution in [2.75, 3.05) is 6.61 Å². The number of hydrazine groups is 1. The Kier molecular flexibility index (Phi) is 8.63. The van der Waals surface area contributed by atoms with Gasteiger partial charge in [-0.15, -0.1) is 0 Å². The van der Waals surface area contributed by atoms with Gasteiger partial charge < -0.3 is 9.84 Å². The lowest BCUT2D eigenvalue weighted by atomic mass is 9.83. The van der Waals surface area contributed by atoms with Crippen molar-refractivity contribution in [1.82, 2.24) is 10.4 Å². The third-order valence-electron chi connectivity index (χ3n) is 5.06. The second-order valence-corrected chi connectivity index (χ2v) is 8.97. The van der Waals surface area contributed by atoms with Gasteiger partial charge in [0, 0.05) is 12.2 Å². The van der Waals surface area contributed by atoms with Crippen LogP contribution >= 0.6 is 0 Å². The number of ether oxygens (including phenoxy) is 1. The maximum atomic E-state index is 13.5. The van der Waals surface area contributed by atoms with Crippen LogP contribution in [0.3, 0.4) is 0 Å². The molecule has 0 radical (unpaired) electrons. The van der Waals surface area contributed by atoms with Crippen LogP contribution in [0.4, 0.5) is 4.79 Å². The van der Waals surface area contributed by atoms with E-state index in [1.807, 2.05) is 83.1 Å². The molecule has 0 fully saturated rings. The molecular formula is C25H34N2O4. The smallest absolute Gasteiger partial charge is 0.426 e. The van der Waals surface area contributed by atoms with Gasteiger partial charge in [0.2, 0.25) is 0 Å². The van der Waals surface area contributed by atoms with Crippen molar-refractivity contribution in [2.24, 2.45) is 5.41 Å². The summed E-state index contributed by atoms with van der Waals surface area (Å²) in [6.07, 6.45) is 0.356. The van der Waals surface area contributed by atoms with E-state index in [1.54, 1.807) is 0 Å². The topological polar surface area (TPSA) is 78.9 Å². The zero-order valence-corrected chi connectivity index (χ0v) is 19.1. The van der Waals surface area contributed by atoms with Gasteiger partial charge in [0.05, 0.1) is 6.04 Å². The second-order valence-electron chi connectivity index (χ2n) is 8.97. The van der Waals surface area contributed by atoms with Crippen LogP contribution in [0, 0.1) is 19.3 Å². The van der Waals surface area contributed by atoms with Crippen molar-refractivity contribution in [1.29, 1.82) is 0 Å². The lowest BCUT2D eigenvalue weighted by molar-refractivity contribution is 0.0232. The van der Waals surface area contributed by atoms with Crippen molar-refractivity contribution in [3.8, 4) is 0 Å². The number of carbonyl (C=O) groups excluding carboxylic acids is 2. The summed E-state index contributed by atoms with van der Waals surface area (Å²) < 4.78 is 5.37. The summed E-state index contributed by atoms with van der Waals surface area (Å²) in [5, 5.41) is 10.7. The molecule has 0 aromatic heterocycles. The zero-order chi connectivity index (χ0) is 23.0. The molecule has 0 aliphatic carbocycles. The van der Waals surface area contributed by atoms with Gasteiger partial charge in [0.1, 0.15) is 6.61 Å². The van der Waals surface area contributed by atoms with Gasteiger partial charge in [-0.1, -0.05) is 68.3 Å². The lowest BCUT2D eigenvalue weighted by Gasteiger charge is -2.39. The first-order valence-corrected chi connectivity index (χ1v) is 10.6. The van der Waals surface area contributed by atoms with E-state index in [9.17, 15) is 14.7 Å². The first-order valence-electron chi connectivity index (χ1n) is 10.6. The summed E-state index contributed by atoms with van der Waals surface area (Å²) in [5.41, 5.74) is 5.64. The van der Waals surface area contributed by atoms with Gasteiger partial charge in [-0.05, 0) is 49.8 Å². The number of hydrogen-bond acceptors (Lipinski definition) is 4. The highest BCUT2D eigenvalue weighted by Crippen LogP contribution is 2.28. The number of rotatable bonds is 7. The van der Waals surface area contributed by atoms with Gasteiger partial charge in [0.25, 0.3) is 5.91 Å². The molecule has 1 unspecified atom stereocenters. The van der Waals surface area contributed by atoms with Crippen LogP contribution < -0.4 is 5.43 Å². The number of nitrogens with zero attached hydrogens (tertiary/aromatic N) is 1. The van der Waals surface area contributed by atoms with Crippen LogP contribution in [0.15, 0.2) is 48.5 Å². The summed E-state index contributed by atoms with van der Waals surface area (Å²) in [7, 11) is 0. The minimum atomic E-state index is -0.695. The minimum Gasteiger partial charge on any atom is -0.443 e. The maximum absolute atomic E-state index is 13.5. The van der Waals surface area contributed by atoms with E-state index in [1.165, 1.54) is 5.01 Å². The lowest BCUT2D eigenvalue weighted by Crippen LogP contribution is -2.56. The number of aliphatic hydroxyl groups is 1. The Bertz CT molecular complexity index is 855. The Balaban J connectivity index is 2.29. The van der Waals surface area contributed by atoms with E-state index < -0.39 is 6.09 Å². The Labute approximate surface area is 185 Å². The molecule has 0 spiro atoms. The summed E-state index contributed by atoms with van der Waals surface area (Å²) in [5.74, 6) is -0.304. The average Bonchev–Trinajstić information content (AvgIpc) is 2.70. The molecule has 0 aliphatic rings. The SMILES string of the molecule is Cc1cc(C)cc(C(=O)N(NC(=O)OCc2ccccc2)C(CCCO)C(C)(C)C)c1. The molecule has 2 amide bonds. The van der Waals surface area contributed by atoms with Crippen LogP contribution in [0.1, 0.15) is 60.7 Å². The Morgan fingerprint density at radius 3 is 2.23 bits per heavy atom. The standard InChI is InChI=1S/C25H34N2O4/c1-18-14-19(2)16-21(15-18)23(29)27(22(12-9-13-28)25(3,4)5)26-24(30)31-17-20-10-7-6-8-11-20/h6-8,10-11,14-16,22,28H,9,12-13,17H2,1-5H3,(H,26,30). The van der Waals surface area contributed by atoms with E-state index in [0.717, 1.165) is 16.7 Å². The number of aliphatic hydroxyl groups excluding tert-OH is 1. The average molecular weight is 427 g/mol. The highest BCUT2D eigenvalue weighted by atomic mass is 16.6. The van der Waals surface area contributed by atoms with Gasteiger partial charge in [-0.3, -0.25) is 4.79 Å². The zero-order valence-electron chi connectivity index (χ0n) is 19.1. The van der Waals surface area contributed by atoms with Crippen LogP contribution in [0.5, 0.6) is 0 Å². The molecule has 2 aromatic rings. The largest absolute Gasteiger partial charge is 0.443 e. The van der Waals surface area contributed by atoms with Crippen molar-refractivity contribution >= 4 is 12.0 Å². The Morgan fingerprint density at radius 1 is 1.06 bits per heavy atom. The molecule has 6 heteroatoms. The molecule has 1 atom stereocenters. The normalized spacial score (nSPS) is 12.2. The fraction of sp³-hybridized carbons (Fsp3) is 0.440. The number of aryl methyl sites for hydroxylation is 2. The fourth-order valence-corrected chi connectivity index (χ4v) is 3.60. The molecular weight excluding hydrogens is 392 g/mol. The van der Waals surface area contributed by atoms with Crippen molar-refractivity contribution in [3.63, 3.8) is 0 Å². The summed E-state index contributed by atoms with van der Waals surface area (Å²) in [4.78, 5) is 26.1. The number of hydrogen-bond donors (Lipinski definition) is 2. The predicted molar refractivity (Wildman–Crippen MR) is 121 cm³/mol. The molecule has 168 valence electrons. The van der Waals surface area contributed by atoms with Crippen LogP contribution in [-0.4, -0.2) is 34.8 Å². The number of nitrogens with one attached hydrogen (secondary N) is 1. The number of benzene rings is 2. The molecule has 2 N–H and O–H groups in total. The molecule has 0 saturated carbocycles. The van der Waals surface area contributed by atoms with Gasteiger partial charge in [0.15, 0.2) is 0 Å². The Morgan fingerprint density at radius 2 is 1.68 bits per heavy atom. The van der Waals surface area contributed by atoms with Crippen LogP contribution in [0.2, 0.25) is 0 Å². The summed E-state index contributed by atoms with van der Waals surface area (Å²) in [6.45, 7) is 10.0. The Hall–Kier alpha value is -2.86. The van der Waals surface area contributed by atoms with Gasteiger partial charge >= 0.3 is 6.09 Å². The quantitative estimate of drug-likeness (QED) is 0.625. The maximum Gasteiger partial charge on any atom is 0.426 e. The van der Waals surface area contributed by atoms with Gasteiger partial charge in [-0.25, -0.2) is 15.2 Å². The molecule has 2 aromatic carbocycles. The predicted octanol–water partition coefficient (Wildman–Crippen LogP) is 4.77. The van der Waals surface area contributed by atoms with E-state index in [0.29, 0.717) is 18.4 Å². The van der Waals surface area contributed by atoms with Crippen molar-refractivity contribution < 1.29 is 19.4 Å². The van der Waals surface area contributed by atoms with Crippen molar-refractivity contribution in [2.45, 2.75) is 60.1 Å². The van der Waals surface area contributed by atoms with E-state index in [2.05, 4.69) is 5.43 Å². The molecule has 0 bridgehead atoms. The monoisotopic (exact) mass is 426 g/mol. The van der Waals surface area contributed by atoms with E-state index >= 15 is 0 Å². The van der Waals surface area contributed by atoms with Crippen molar-refractivity contribution in [3.05, 3.63) is 70.8 Å². The first-order chi connectivity index (χ1) is 14.6. The second kappa shape index (κ2) is 11.0. The molecule has 31 heavy (non-hydrogen) atoms. The fourth-order valence-electron chi connectivity index (χ4n) is 3.60. The highest BCUT2D eigenvalue weighted by Gasteiger charge is 2.35.